The maximum Gasteiger partial charge on any atom is 0.258 e. The van der Waals surface area contributed by atoms with Gasteiger partial charge in [0, 0.05) is 40.3 Å². The zero-order chi connectivity index (χ0) is 25.4. The summed E-state index contributed by atoms with van der Waals surface area (Å²) < 4.78 is 0. The van der Waals surface area contributed by atoms with Crippen LogP contribution < -0.4 is 20.9 Å². The first-order chi connectivity index (χ1) is 16.7. The van der Waals surface area contributed by atoms with E-state index >= 15 is 0 Å². The second-order valence-electron chi connectivity index (χ2n) is 9.15. The molecule has 0 bridgehead atoms. The zero-order valence-electron chi connectivity index (χ0n) is 20.6. The van der Waals surface area contributed by atoms with Crippen LogP contribution in [0.1, 0.15) is 38.1 Å². The van der Waals surface area contributed by atoms with Gasteiger partial charge in [0.25, 0.3) is 5.91 Å². The van der Waals surface area contributed by atoms with E-state index in [9.17, 15) is 14.4 Å². The topological polar surface area (TPSA) is 90.5 Å². The molecule has 0 aliphatic carbocycles. The average Bonchev–Trinajstić information content (AvgIpc) is 2.83. The summed E-state index contributed by atoms with van der Waals surface area (Å²) in [6, 6.07) is 23.6. The lowest BCUT2D eigenvalue weighted by Crippen LogP contribution is -2.30. The highest BCUT2D eigenvalue weighted by Crippen LogP contribution is 2.21. The summed E-state index contributed by atoms with van der Waals surface area (Å²) in [5.74, 6) is -0.465. The number of rotatable bonds is 8. The number of nitrogens with one attached hydrogen (secondary N) is 3. The van der Waals surface area contributed by atoms with Crippen LogP contribution >= 0.6 is 0 Å². The maximum absolute atomic E-state index is 13.1. The molecular formula is C28H32N4O3. The molecule has 0 unspecified atom stereocenters. The first kappa shape index (κ1) is 25.5. The molecule has 3 aromatic carbocycles. The Balaban J connectivity index is 1.60. The van der Waals surface area contributed by atoms with E-state index in [0.717, 1.165) is 5.69 Å². The Kier molecular flexibility index (Phi) is 8.25. The first-order valence-corrected chi connectivity index (χ1v) is 11.6. The van der Waals surface area contributed by atoms with Crippen molar-refractivity contribution in [1.82, 2.24) is 0 Å². The van der Waals surface area contributed by atoms with Gasteiger partial charge in [0.05, 0.1) is 6.54 Å². The molecule has 182 valence electrons. The highest BCUT2D eigenvalue weighted by Gasteiger charge is 2.21. The smallest absolute Gasteiger partial charge is 0.258 e. The Morgan fingerprint density at radius 1 is 0.771 bits per heavy atom. The molecule has 0 fully saturated rings. The molecule has 0 saturated carbocycles. The van der Waals surface area contributed by atoms with Gasteiger partial charge in [0.15, 0.2) is 0 Å². The second-order valence-corrected chi connectivity index (χ2v) is 9.15. The molecule has 3 aromatic rings. The van der Waals surface area contributed by atoms with Gasteiger partial charge in [0.2, 0.25) is 11.8 Å². The van der Waals surface area contributed by atoms with Gasteiger partial charge in [-0.15, -0.1) is 0 Å². The molecule has 3 amide bonds. The van der Waals surface area contributed by atoms with E-state index in [1.807, 2.05) is 64.1 Å². The van der Waals surface area contributed by atoms with Crippen molar-refractivity contribution in [2.24, 2.45) is 5.41 Å². The summed E-state index contributed by atoms with van der Waals surface area (Å²) in [4.78, 5) is 39.5. The molecule has 0 aliphatic heterocycles. The van der Waals surface area contributed by atoms with Gasteiger partial charge in [-0.05, 0) is 55.5 Å². The molecule has 0 heterocycles. The van der Waals surface area contributed by atoms with Gasteiger partial charge >= 0.3 is 0 Å². The third-order valence-corrected chi connectivity index (χ3v) is 5.28. The molecule has 0 saturated heterocycles. The van der Waals surface area contributed by atoms with E-state index in [4.69, 9.17) is 0 Å². The third kappa shape index (κ3) is 7.17. The number of hydrogen-bond donors (Lipinski definition) is 3. The second kappa shape index (κ2) is 11.3. The zero-order valence-corrected chi connectivity index (χ0v) is 20.6. The summed E-state index contributed by atoms with van der Waals surface area (Å²) in [6.45, 7) is 8.00. The fourth-order valence-electron chi connectivity index (χ4n) is 3.35. The first-order valence-electron chi connectivity index (χ1n) is 11.6. The normalized spacial score (nSPS) is 10.9. The van der Waals surface area contributed by atoms with Crippen LogP contribution in [-0.4, -0.2) is 30.8 Å². The number of carbonyl (C=O) groups is 3. The predicted octanol–water partition coefficient (Wildman–Crippen LogP) is 5.39. The number of hydrogen-bond acceptors (Lipinski definition) is 4. The largest absolute Gasteiger partial charge is 0.376 e. The number of anilines is 4. The number of amides is 3. The van der Waals surface area contributed by atoms with Crippen molar-refractivity contribution in [2.75, 3.05) is 33.9 Å². The SMILES string of the molecule is CCN(C(=O)c1cccc(NCC(=O)Nc2cccc(NC(=O)C(C)(C)C)c2)c1)c1ccccc1. The molecule has 3 N–H and O–H groups in total. The van der Waals surface area contributed by atoms with Crippen molar-refractivity contribution in [3.63, 3.8) is 0 Å². The van der Waals surface area contributed by atoms with Crippen LogP contribution in [0.2, 0.25) is 0 Å². The maximum atomic E-state index is 13.1. The summed E-state index contributed by atoms with van der Waals surface area (Å²) in [5, 5.41) is 8.75. The minimum Gasteiger partial charge on any atom is -0.376 e. The predicted molar refractivity (Wildman–Crippen MR) is 142 cm³/mol. The lowest BCUT2D eigenvalue weighted by Gasteiger charge is -2.21. The molecule has 0 aromatic heterocycles. The Morgan fingerprint density at radius 2 is 1.40 bits per heavy atom. The number of benzene rings is 3. The Morgan fingerprint density at radius 3 is 2.06 bits per heavy atom. The summed E-state index contributed by atoms with van der Waals surface area (Å²) >= 11 is 0. The fraction of sp³-hybridized carbons (Fsp3) is 0.250. The third-order valence-electron chi connectivity index (χ3n) is 5.28. The molecule has 7 heteroatoms. The van der Waals surface area contributed by atoms with Gasteiger partial charge in [0.1, 0.15) is 0 Å². The molecule has 3 rings (SSSR count). The highest BCUT2D eigenvalue weighted by molar-refractivity contribution is 6.06. The molecule has 0 atom stereocenters. The Bertz CT molecular complexity index is 1190. The van der Waals surface area contributed by atoms with Gasteiger partial charge in [-0.25, -0.2) is 0 Å². The minimum absolute atomic E-state index is 0.0202. The van der Waals surface area contributed by atoms with E-state index in [1.165, 1.54) is 0 Å². The van der Waals surface area contributed by atoms with Gasteiger partial charge in [-0.3, -0.25) is 14.4 Å². The van der Waals surface area contributed by atoms with Crippen molar-refractivity contribution in [1.29, 1.82) is 0 Å². The molecule has 0 radical (unpaired) electrons. The van der Waals surface area contributed by atoms with Gasteiger partial charge < -0.3 is 20.9 Å². The van der Waals surface area contributed by atoms with Crippen LogP contribution in [0.4, 0.5) is 22.7 Å². The van der Waals surface area contributed by atoms with Gasteiger partial charge in [-0.2, -0.15) is 0 Å². The van der Waals surface area contributed by atoms with E-state index in [2.05, 4.69) is 16.0 Å². The standard InChI is InChI=1S/C28H32N4O3/c1-5-32(24-15-7-6-8-16-24)26(34)20-11-9-12-21(17-20)29-19-25(33)30-22-13-10-14-23(18-22)31-27(35)28(2,3)4/h6-18,29H,5,19H2,1-4H3,(H,30,33)(H,31,35). The monoisotopic (exact) mass is 472 g/mol. The van der Waals surface area contributed by atoms with Crippen LogP contribution in [0.3, 0.4) is 0 Å². The minimum atomic E-state index is -0.519. The molecule has 7 nitrogen and oxygen atoms in total. The average molecular weight is 473 g/mol. The molecule has 0 spiro atoms. The van der Waals surface area contributed by atoms with E-state index in [1.54, 1.807) is 47.4 Å². The Hall–Kier alpha value is -4.13. The van der Waals surface area contributed by atoms with Crippen LogP contribution in [0, 0.1) is 5.41 Å². The number of para-hydroxylation sites is 1. The van der Waals surface area contributed by atoms with Crippen molar-refractivity contribution < 1.29 is 14.4 Å². The van der Waals surface area contributed by atoms with Crippen LogP contribution in [0.25, 0.3) is 0 Å². The number of carbonyl (C=O) groups excluding carboxylic acids is 3. The van der Waals surface area contributed by atoms with Crippen molar-refractivity contribution >= 4 is 40.5 Å². The van der Waals surface area contributed by atoms with Crippen molar-refractivity contribution in [2.45, 2.75) is 27.7 Å². The fourth-order valence-corrected chi connectivity index (χ4v) is 3.35. The summed E-state index contributed by atoms with van der Waals surface area (Å²) in [6.07, 6.45) is 0. The summed E-state index contributed by atoms with van der Waals surface area (Å²) in [5.41, 5.74) is 2.70. The van der Waals surface area contributed by atoms with Crippen LogP contribution in [0.5, 0.6) is 0 Å². The quantitative estimate of drug-likeness (QED) is 0.410. The molecule has 35 heavy (non-hydrogen) atoms. The van der Waals surface area contributed by atoms with E-state index < -0.39 is 5.41 Å². The summed E-state index contributed by atoms with van der Waals surface area (Å²) in [7, 11) is 0. The van der Waals surface area contributed by atoms with Crippen LogP contribution in [0.15, 0.2) is 78.9 Å². The number of nitrogens with zero attached hydrogens (tertiary/aromatic N) is 1. The van der Waals surface area contributed by atoms with E-state index in [0.29, 0.717) is 29.2 Å². The van der Waals surface area contributed by atoms with Crippen molar-refractivity contribution in [3.8, 4) is 0 Å². The molecular weight excluding hydrogens is 440 g/mol. The van der Waals surface area contributed by atoms with Crippen molar-refractivity contribution in [3.05, 3.63) is 84.4 Å². The van der Waals surface area contributed by atoms with Crippen LogP contribution in [-0.2, 0) is 9.59 Å². The van der Waals surface area contributed by atoms with E-state index in [-0.39, 0.29) is 24.3 Å². The Labute approximate surface area is 206 Å². The lowest BCUT2D eigenvalue weighted by molar-refractivity contribution is -0.123. The van der Waals surface area contributed by atoms with Gasteiger partial charge in [-0.1, -0.05) is 51.1 Å². The highest BCUT2D eigenvalue weighted by atomic mass is 16.2. The molecule has 0 aliphatic rings. The lowest BCUT2D eigenvalue weighted by atomic mass is 9.95.